The average Bonchev–Trinajstić information content (AvgIpc) is 3.26. The van der Waals surface area contributed by atoms with Gasteiger partial charge in [0.15, 0.2) is 12.4 Å². The van der Waals surface area contributed by atoms with E-state index in [1.807, 2.05) is 57.2 Å². The molecule has 42 heavy (non-hydrogen) atoms. The minimum absolute atomic E-state index is 0.165. The Balaban J connectivity index is 1.28. The van der Waals surface area contributed by atoms with E-state index in [1.165, 1.54) is 4.90 Å². The maximum atomic E-state index is 13.3. The Morgan fingerprint density at radius 2 is 1.52 bits per heavy atom. The van der Waals surface area contributed by atoms with Crippen LogP contribution in [0.3, 0.4) is 0 Å². The van der Waals surface area contributed by atoms with Crippen molar-refractivity contribution in [3.05, 3.63) is 107 Å². The number of ether oxygens (including phenoxy) is 1. The third-order valence-electron chi connectivity index (χ3n) is 8.28. The molecule has 0 bridgehead atoms. The Morgan fingerprint density at radius 3 is 2.19 bits per heavy atom. The number of benzene rings is 3. The zero-order chi connectivity index (χ0) is 29.5. The molecule has 6 rings (SSSR count). The molecule has 4 aromatic rings. The van der Waals surface area contributed by atoms with Crippen molar-refractivity contribution in [2.45, 2.75) is 33.6 Å². The number of pyridine rings is 1. The van der Waals surface area contributed by atoms with Gasteiger partial charge in [0.2, 0.25) is 11.8 Å². The number of Topliss-reactive ketones (excluding diaryl/α,β-unsaturated/α-hetero) is 1. The summed E-state index contributed by atoms with van der Waals surface area (Å²) in [6, 6.07) is 19.7. The van der Waals surface area contributed by atoms with Gasteiger partial charge < -0.3 is 4.74 Å². The number of hydrogen-bond acceptors (Lipinski definition) is 6. The number of aryl methyl sites for hydroxylation is 3. The standard InChI is InChI=1S/C35H30N2O5/c1-20-8-15-30-28(16-20)29(35(41)42-19-32(38)24-10-9-21(2)22(3)17-24)18-31(36-30)23-11-13-25(14-12-23)37-33(39)26-6-4-5-7-27(26)34(37)40/h4-5,8-18,26-27H,6-7,19H2,1-3H3/t26-,27-/m1/s1. The second kappa shape index (κ2) is 10.8. The zero-order valence-corrected chi connectivity index (χ0v) is 23.7. The molecule has 2 aliphatic rings. The van der Waals surface area contributed by atoms with Gasteiger partial charge in [-0.1, -0.05) is 48.0 Å². The highest BCUT2D eigenvalue weighted by molar-refractivity contribution is 6.22. The molecule has 0 unspecified atom stereocenters. The van der Waals surface area contributed by atoms with Crippen LogP contribution >= 0.6 is 0 Å². The van der Waals surface area contributed by atoms with Gasteiger partial charge in [-0.3, -0.25) is 19.3 Å². The summed E-state index contributed by atoms with van der Waals surface area (Å²) in [6.45, 7) is 5.45. The van der Waals surface area contributed by atoms with Crippen LogP contribution in [0.15, 0.2) is 78.9 Å². The molecule has 0 N–H and O–H groups in total. The van der Waals surface area contributed by atoms with Crippen LogP contribution < -0.4 is 4.90 Å². The summed E-state index contributed by atoms with van der Waals surface area (Å²) in [6.07, 6.45) is 5.10. The number of rotatable bonds is 6. The summed E-state index contributed by atoms with van der Waals surface area (Å²) in [5.41, 5.74) is 6.19. The molecule has 0 spiro atoms. The Bertz CT molecular complexity index is 1780. The smallest absolute Gasteiger partial charge is 0.339 e. The molecule has 2 heterocycles. The van der Waals surface area contributed by atoms with Crippen LogP contribution in [0.25, 0.3) is 22.2 Å². The number of ketones is 1. The molecule has 1 saturated heterocycles. The summed E-state index contributed by atoms with van der Waals surface area (Å²) >= 11 is 0. The molecule has 1 aliphatic carbocycles. The van der Waals surface area contributed by atoms with Crippen molar-refractivity contribution in [3.8, 4) is 11.3 Å². The topological polar surface area (TPSA) is 93.6 Å². The molecule has 2 atom stereocenters. The van der Waals surface area contributed by atoms with Crippen LogP contribution in [0.4, 0.5) is 5.69 Å². The van der Waals surface area contributed by atoms with Crippen molar-refractivity contribution < 1.29 is 23.9 Å². The summed E-state index contributed by atoms with van der Waals surface area (Å²) in [5, 5.41) is 0.628. The fourth-order valence-corrected chi connectivity index (χ4v) is 5.70. The minimum atomic E-state index is -0.618. The van der Waals surface area contributed by atoms with Crippen molar-refractivity contribution in [3.63, 3.8) is 0 Å². The molecule has 0 saturated carbocycles. The van der Waals surface area contributed by atoms with E-state index in [1.54, 1.807) is 42.5 Å². The van der Waals surface area contributed by atoms with Crippen LogP contribution in [-0.2, 0) is 14.3 Å². The van der Waals surface area contributed by atoms with Gasteiger partial charge in [0.1, 0.15) is 0 Å². The van der Waals surface area contributed by atoms with Gasteiger partial charge in [0.05, 0.1) is 34.3 Å². The predicted octanol–water partition coefficient (Wildman–Crippen LogP) is 6.32. The van der Waals surface area contributed by atoms with E-state index in [-0.39, 0.29) is 36.0 Å². The van der Waals surface area contributed by atoms with Crippen LogP contribution in [0.5, 0.6) is 0 Å². The first-order chi connectivity index (χ1) is 20.2. The van der Waals surface area contributed by atoms with E-state index in [0.717, 1.165) is 16.7 Å². The van der Waals surface area contributed by atoms with Crippen molar-refractivity contribution >= 4 is 40.2 Å². The molecular weight excluding hydrogens is 528 g/mol. The number of carbonyl (C=O) groups is 4. The molecule has 0 radical (unpaired) electrons. The highest BCUT2D eigenvalue weighted by Gasteiger charge is 2.47. The van der Waals surface area contributed by atoms with Crippen molar-refractivity contribution in [2.75, 3.05) is 11.5 Å². The largest absolute Gasteiger partial charge is 0.454 e. The lowest BCUT2D eigenvalue weighted by molar-refractivity contribution is -0.122. The van der Waals surface area contributed by atoms with Gasteiger partial charge in [-0.25, -0.2) is 9.78 Å². The summed E-state index contributed by atoms with van der Waals surface area (Å²) in [4.78, 5) is 58.2. The number of imide groups is 1. The maximum absolute atomic E-state index is 13.3. The average molecular weight is 559 g/mol. The Hall–Kier alpha value is -4.91. The SMILES string of the molecule is Cc1ccc2nc(-c3ccc(N4C(=O)[C@@H]5CC=CC[C@H]5C4=O)cc3)cc(C(=O)OCC(=O)c3ccc(C)c(C)c3)c2c1. The summed E-state index contributed by atoms with van der Waals surface area (Å²) in [5.74, 6) is -1.83. The van der Waals surface area contributed by atoms with Crippen molar-refractivity contribution in [1.29, 1.82) is 0 Å². The normalized spacial score (nSPS) is 17.9. The highest BCUT2D eigenvalue weighted by atomic mass is 16.5. The van der Waals surface area contributed by atoms with E-state index < -0.39 is 5.97 Å². The number of carbonyl (C=O) groups excluding carboxylic acids is 4. The quantitative estimate of drug-likeness (QED) is 0.119. The first-order valence-electron chi connectivity index (χ1n) is 14.0. The molecule has 1 fully saturated rings. The van der Waals surface area contributed by atoms with Crippen LogP contribution in [0.2, 0.25) is 0 Å². The first-order valence-corrected chi connectivity index (χ1v) is 14.0. The molecular formula is C35H30N2O5. The van der Waals surface area contributed by atoms with Gasteiger partial charge in [0, 0.05) is 16.5 Å². The number of nitrogens with zero attached hydrogens (tertiary/aromatic N) is 2. The molecule has 1 aromatic heterocycles. The monoisotopic (exact) mass is 558 g/mol. The van der Waals surface area contributed by atoms with Gasteiger partial charge in [-0.05, 0) is 81.1 Å². The number of anilines is 1. The Morgan fingerprint density at radius 1 is 0.833 bits per heavy atom. The molecule has 7 nitrogen and oxygen atoms in total. The zero-order valence-electron chi connectivity index (χ0n) is 23.7. The van der Waals surface area contributed by atoms with Gasteiger partial charge in [-0.15, -0.1) is 0 Å². The summed E-state index contributed by atoms with van der Waals surface area (Å²) < 4.78 is 5.51. The second-order valence-electron chi connectivity index (χ2n) is 11.1. The fourth-order valence-electron chi connectivity index (χ4n) is 5.70. The third kappa shape index (κ3) is 4.91. The molecule has 210 valence electrons. The molecule has 1 aliphatic heterocycles. The van der Waals surface area contributed by atoms with E-state index in [9.17, 15) is 19.2 Å². The Kier molecular flexibility index (Phi) is 7.02. The number of esters is 1. The number of amides is 2. The number of fused-ring (bicyclic) bond motifs is 2. The number of allylic oxidation sites excluding steroid dienone is 2. The van der Waals surface area contributed by atoms with Gasteiger partial charge in [0.25, 0.3) is 0 Å². The Labute approximate surface area is 243 Å². The van der Waals surface area contributed by atoms with Crippen LogP contribution in [0.1, 0.15) is 50.2 Å². The summed E-state index contributed by atoms with van der Waals surface area (Å²) in [7, 11) is 0. The first kappa shape index (κ1) is 27.3. The van der Waals surface area contributed by atoms with Gasteiger partial charge >= 0.3 is 5.97 Å². The molecule has 7 heteroatoms. The fraction of sp³-hybridized carbons (Fsp3) is 0.229. The van der Waals surface area contributed by atoms with E-state index in [2.05, 4.69) is 0 Å². The lowest BCUT2D eigenvalue weighted by Crippen LogP contribution is -2.30. The molecule has 2 amide bonds. The number of aromatic nitrogens is 1. The number of hydrogen-bond donors (Lipinski definition) is 0. The van der Waals surface area contributed by atoms with E-state index in [4.69, 9.17) is 9.72 Å². The lowest BCUT2D eigenvalue weighted by atomic mass is 9.85. The second-order valence-corrected chi connectivity index (χ2v) is 11.1. The van der Waals surface area contributed by atoms with Crippen molar-refractivity contribution in [1.82, 2.24) is 4.98 Å². The molecule has 3 aromatic carbocycles. The lowest BCUT2D eigenvalue weighted by Gasteiger charge is -2.15. The van der Waals surface area contributed by atoms with Crippen LogP contribution in [-0.4, -0.2) is 35.2 Å². The third-order valence-corrected chi connectivity index (χ3v) is 8.28. The van der Waals surface area contributed by atoms with Crippen molar-refractivity contribution in [2.24, 2.45) is 11.8 Å². The highest BCUT2D eigenvalue weighted by Crippen LogP contribution is 2.38. The van der Waals surface area contributed by atoms with Crippen LogP contribution in [0, 0.1) is 32.6 Å². The minimum Gasteiger partial charge on any atom is -0.454 e. The maximum Gasteiger partial charge on any atom is 0.339 e. The predicted molar refractivity (Wildman–Crippen MR) is 160 cm³/mol. The van der Waals surface area contributed by atoms with E-state index in [0.29, 0.717) is 51.8 Å². The van der Waals surface area contributed by atoms with Gasteiger partial charge in [-0.2, -0.15) is 0 Å². The van der Waals surface area contributed by atoms with E-state index >= 15 is 0 Å².